The van der Waals surface area contributed by atoms with E-state index in [-0.39, 0.29) is 6.61 Å². The molecule has 1 N–H and O–H groups in total. The van der Waals surface area contributed by atoms with Crippen molar-refractivity contribution in [3.8, 4) is 0 Å². The summed E-state index contributed by atoms with van der Waals surface area (Å²) in [6.45, 7) is 3.63. The average molecular weight is 292 g/mol. The van der Waals surface area contributed by atoms with Crippen LogP contribution in [0, 0.1) is 13.8 Å². The van der Waals surface area contributed by atoms with Crippen molar-refractivity contribution in [2.45, 2.75) is 20.5 Å². The van der Waals surface area contributed by atoms with Gasteiger partial charge in [0.1, 0.15) is 23.4 Å². The van der Waals surface area contributed by atoms with Gasteiger partial charge in [0, 0.05) is 5.56 Å². The summed E-state index contributed by atoms with van der Waals surface area (Å²) in [7, 11) is 0. The Morgan fingerprint density at radius 2 is 1.95 bits per heavy atom. The normalized spacial score (nSPS) is 10.2. The largest absolute Gasteiger partial charge is 0.444 e. The third-order valence-corrected chi connectivity index (χ3v) is 3.00. The second-order valence-electron chi connectivity index (χ2n) is 4.22. The van der Waals surface area contributed by atoms with Crippen LogP contribution in [0.2, 0.25) is 5.15 Å². The van der Waals surface area contributed by atoms with Crippen LogP contribution in [0.4, 0.5) is 10.6 Å². The van der Waals surface area contributed by atoms with Crippen molar-refractivity contribution in [1.29, 1.82) is 0 Å². The molecule has 0 unspecified atom stereocenters. The third-order valence-electron chi connectivity index (χ3n) is 2.63. The molecule has 1 heterocycles. The number of benzene rings is 1. The maximum Gasteiger partial charge on any atom is 0.413 e. The second kappa shape index (κ2) is 6.34. The molecule has 0 bridgehead atoms. The van der Waals surface area contributed by atoms with Gasteiger partial charge in [-0.1, -0.05) is 41.9 Å². The van der Waals surface area contributed by atoms with Gasteiger partial charge in [0.15, 0.2) is 0 Å². The van der Waals surface area contributed by atoms with Gasteiger partial charge in [-0.2, -0.15) is 0 Å². The quantitative estimate of drug-likeness (QED) is 0.879. The van der Waals surface area contributed by atoms with Crippen molar-refractivity contribution < 1.29 is 9.53 Å². The lowest BCUT2D eigenvalue weighted by Gasteiger charge is -2.09. The van der Waals surface area contributed by atoms with Crippen molar-refractivity contribution in [2.75, 3.05) is 5.32 Å². The maximum atomic E-state index is 11.7. The minimum atomic E-state index is -0.578. The highest BCUT2D eigenvalue weighted by Crippen LogP contribution is 2.19. The van der Waals surface area contributed by atoms with Crippen LogP contribution in [-0.4, -0.2) is 16.1 Å². The molecule has 2 aromatic rings. The number of aryl methyl sites for hydroxylation is 1. The zero-order chi connectivity index (χ0) is 14.5. The van der Waals surface area contributed by atoms with Crippen molar-refractivity contribution in [2.24, 2.45) is 0 Å². The monoisotopic (exact) mass is 291 g/mol. The molecule has 2 rings (SSSR count). The summed E-state index contributed by atoms with van der Waals surface area (Å²) < 4.78 is 5.11. The fourth-order valence-electron chi connectivity index (χ4n) is 1.57. The van der Waals surface area contributed by atoms with E-state index < -0.39 is 6.09 Å². The Morgan fingerprint density at radius 1 is 1.25 bits per heavy atom. The van der Waals surface area contributed by atoms with E-state index in [1.54, 1.807) is 13.8 Å². The van der Waals surface area contributed by atoms with Crippen LogP contribution in [-0.2, 0) is 11.3 Å². The number of rotatable bonds is 3. The van der Waals surface area contributed by atoms with E-state index in [0.717, 1.165) is 5.56 Å². The van der Waals surface area contributed by atoms with Crippen molar-refractivity contribution in [3.05, 3.63) is 52.4 Å². The Labute approximate surface area is 122 Å². The van der Waals surface area contributed by atoms with E-state index in [1.807, 2.05) is 30.3 Å². The SMILES string of the molecule is Cc1nc(Cl)c(C)c(NC(=O)OCc2ccccc2)n1. The number of nitrogens with one attached hydrogen (secondary N) is 1. The first kappa shape index (κ1) is 14.3. The Morgan fingerprint density at radius 3 is 2.65 bits per heavy atom. The van der Waals surface area contributed by atoms with Crippen molar-refractivity contribution in [3.63, 3.8) is 0 Å². The molecule has 0 atom stereocenters. The second-order valence-corrected chi connectivity index (χ2v) is 4.58. The zero-order valence-corrected chi connectivity index (χ0v) is 11.9. The predicted molar refractivity (Wildman–Crippen MR) is 76.8 cm³/mol. The molecular weight excluding hydrogens is 278 g/mol. The van der Waals surface area contributed by atoms with E-state index in [2.05, 4.69) is 15.3 Å². The summed E-state index contributed by atoms with van der Waals surface area (Å²) in [6, 6.07) is 9.43. The molecular formula is C14H14ClN3O2. The van der Waals surface area contributed by atoms with Gasteiger partial charge < -0.3 is 4.74 Å². The van der Waals surface area contributed by atoms with Crippen LogP contribution in [0.5, 0.6) is 0 Å². The smallest absolute Gasteiger partial charge is 0.413 e. The molecule has 0 saturated heterocycles. The molecule has 0 saturated carbocycles. The lowest BCUT2D eigenvalue weighted by Crippen LogP contribution is -2.16. The standard InChI is InChI=1S/C14H14ClN3O2/c1-9-12(15)16-10(2)17-13(9)18-14(19)20-8-11-6-4-3-5-7-11/h3-7H,8H2,1-2H3,(H,16,17,18,19). The van der Waals surface area contributed by atoms with Gasteiger partial charge in [-0.15, -0.1) is 0 Å². The number of ether oxygens (including phenoxy) is 1. The molecule has 1 aromatic heterocycles. The molecule has 5 nitrogen and oxygen atoms in total. The van der Waals surface area contributed by atoms with Crippen LogP contribution in [0.3, 0.4) is 0 Å². The van der Waals surface area contributed by atoms with Crippen molar-refractivity contribution in [1.82, 2.24) is 9.97 Å². The van der Waals surface area contributed by atoms with E-state index >= 15 is 0 Å². The zero-order valence-electron chi connectivity index (χ0n) is 11.2. The van der Waals surface area contributed by atoms with E-state index in [9.17, 15) is 4.79 Å². The summed E-state index contributed by atoms with van der Waals surface area (Å²) >= 11 is 5.93. The number of amides is 1. The fraction of sp³-hybridized carbons (Fsp3) is 0.214. The minimum absolute atomic E-state index is 0.198. The number of carbonyl (C=O) groups is 1. The molecule has 0 aliphatic carbocycles. The van der Waals surface area contributed by atoms with E-state index in [4.69, 9.17) is 16.3 Å². The highest BCUT2D eigenvalue weighted by molar-refractivity contribution is 6.30. The topological polar surface area (TPSA) is 64.1 Å². The molecule has 1 aromatic carbocycles. The first-order chi connectivity index (χ1) is 9.56. The number of anilines is 1. The summed E-state index contributed by atoms with van der Waals surface area (Å²) in [5.74, 6) is 0.847. The molecule has 0 aliphatic rings. The van der Waals surface area contributed by atoms with Crippen LogP contribution < -0.4 is 5.32 Å². The highest BCUT2D eigenvalue weighted by Gasteiger charge is 2.11. The Kier molecular flexibility index (Phi) is 4.53. The number of hydrogen-bond acceptors (Lipinski definition) is 4. The van der Waals surface area contributed by atoms with Crippen LogP contribution >= 0.6 is 11.6 Å². The van der Waals surface area contributed by atoms with Gasteiger partial charge >= 0.3 is 6.09 Å². The first-order valence-electron chi connectivity index (χ1n) is 6.04. The average Bonchev–Trinajstić information content (AvgIpc) is 2.43. The maximum absolute atomic E-state index is 11.7. The number of carbonyl (C=O) groups excluding carboxylic acids is 1. The van der Waals surface area contributed by atoms with Gasteiger partial charge in [0.25, 0.3) is 0 Å². The summed E-state index contributed by atoms with van der Waals surface area (Å²) in [4.78, 5) is 19.8. The number of nitrogens with zero attached hydrogens (tertiary/aromatic N) is 2. The molecule has 0 fully saturated rings. The molecule has 1 amide bonds. The Bertz CT molecular complexity index is 617. The summed E-state index contributed by atoms with van der Waals surface area (Å²) in [6.07, 6.45) is -0.578. The van der Waals surface area contributed by atoms with E-state index in [0.29, 0.717) is 22.4 Å². The summed E-state index contributed by atoms with van der Waals surface area (Å²) in [5, 5.41) is 2.88. The molecule has 0 radical (unpaired) electrons. The molecule has 104 valence electrons. The third kappa shape index (κ3) is 3.68. The molecule has 0 spiro atoms. The molecule has 20 heavy (non-hydrogen) atoms. The van der Waals surface area contributed by atoms with Crippen LogP contribution in [0.1, 0.15) is 17.0 Å². The van der Waals surface area contributed by atoms with Crippen molar-refractivity contribution >= 4 is 23.5 Å². The lowest BCUT2D eigenvalue weighted by molar-refractivity contribution is 0.155. The van der Waals surface area contributed by atoms with Gasteiger partial charge in [0.2, 0.25) is 0 Å². The molecule has 6 heteroatoms. The Hall–Kier alpha value is -2.14. The van der Waals surface area contributed by atoms with Gasteiger partial charge in [-0.25, -0.2) is 14.8 Å². The number of aromatic nitrogens is 2. The lowest BCUT2D eigenvalue weighted by atomic mass is 10.2. The van der Waals surface area contributed by atoms with E-state index in [1.165, 1.54) is 0 Å². The van der Waals surface area contributed by atoms with Gasteiger partial charge in [-0.05, 0) is 19.4 Å². The first-order valence-corrected chi connectivity index (χ1v) is 6.42. The predicted octanol–water partition coefficient (Wildman–Crippen LogP) is 3.50. The Balaban J connectivity index is 1.98. The number of hydrogen-bond donors (Lipinski definition) is 1. The highest BCUT2D eigenvalue weighted by atomic mass is 35.5. The van der Waals surface area contributed by atoms with Crippen LogP contribution in [0.15, 0.2) is 30.3 Å². The van der Waals surface area contributed by atoms with Gasteiger partial charge in [0.05, 0.1) is 0 Å². The fourth-order valence-corrected chi connectivity index (χ4v) is 1.78. The number of halogens is 1. The van der Waals surface area contributed by atoms with Crippen LogP contribution in [0.25, 0.3) is 0 Å². The minimum Gasteiger partial charge on any atom is -0.444 e. The van der Waals surface area contributed by atoms with Gasteiger partial charge in [-0.3, -0.25) is 5.32 Å². The molecule has 0 aliphatic heterocycles. The summed E-state index contributed by atoms with van der Waals surface area (Å²) in [5.41, 5.74) is 1.52.